The molecule has 182 valence electrons. The van der Waals surface area contributed by atoms with Crippen LogP contribution in [0.1, 0.15) is 49.7 Å². The van der Waals surface area contributed by atoms with Gasteiger partial charge in [0.1, 0.15) is 12.4 Å². The number of hydrogen-bond donors (Lipinski definition) is 1. The summed E-state index contributed by atoms with van der Waals surface area (Å²) in [7, 11) is 0. The van der Waals surface area contributed by atoms with Crippen LogP contribution in [0.25, 0.3) is 0 Å². The zero-order valence-electron chi connectivity index (χ0n) is 20.5. The first kappa shape index (κ1) is 25.7. The van der Waals surface area contributed by atoms with Crippen LogP contribution < -0.4 is 4.74 Å². The van der Waals surface area contributed by atoms with Crippen molar-refractivity contribution in [1.82, 2.24) is 9.80 Å². The maximum absolute atomic E-state index is 13.4. The number of thiophene rings is 1. The molecule has 1 amide bonds. The Bertz CT molecular complexity index is 908. The molecule has 1 aliphatic heterocycles. The lowest BCUT2D eigenvalue weighted by Gasteiger charge is -2.37. The highest BCUT2D eigenvalue weighted by molar-refractivity contribution is 7.10. The highest BCUT2D eigenvalue weighted by Gasteiger charge is 2.33. The van der Waals surface area contributed by atoms with E-state index in [1.165, 1.54) is 10.4 Å². The van der Waals surface area contributed by atoms with E-state index in [0.717, 1.165) is 17.7 Å². The highest BCUT2D eigenvalue weighted by atomic mass is 32.1. The van der Waals surface area contributed by atoms with Crippen molar-refractivity contribution in [2.75, 3.05) is 39.4 Å². The minimum Gasteiger partial charge on any atom is -0.491 e. The Morgan fingerprint density at radius 2 is 2.06 bits per heavy atom. The number of fused-ring (bicyclic) bond motifs is 1. The molecular formula is C26H38N2O4S. The van der Waals surface area contributed by atoms with Crippen LogP contribution in [0, 0.1) is 6.92 Å². The number of likely N-dealkylation sites (N-methyl/N-ethyl adjacent to an activating group) is 1. The van der Waals surface area contributed by atoms with E-state index in [0.29, 0.717) is 26.2 Å². The van der Waals surface area contributed by atoms with Crippen LogP contribution in [0.4, 0.5) is 0 Å². The van der Waals surface area contributed by atoms with Crippen molar-refractivity contribution in [3.8, 4) is 5.75 Å². The average Bonchev–Trinajstić information content (AvgIpc) is 3.25. The second kappa shape index (κ2) is 11.5. The summed E-state index contributed by atoms with van der Waals surface area (Å²) in [6.07, 6.45) is 0.232. The van der Waals surface area contributed by atoms with Crippen molar-refractivity contribution in [2.45, 2.75) is 58.8 Å². The van der Waals surface area contributed by atoms with Gasteiger partial charge in [-0.05, 0) is 69.3 Å². The first-order chi connectivity index (χ1) is 15.7. The minimum absolute atomic E-state index is 0.0658. The van der Waals surface area contributed by atoms with E-state index in [9.17, 15) is 9.90 Å². The number of hydrogen-bond acceptors (Lipinski definition) is 6. The van der Waals surface area contributed by atoms with Gasteiger partial charge in [0.2, 0.25) is 5.91 Å². The Hall–Kier alpha value is -1.93. The summed E-state index contributed by atoms with van der Waals surface area (Å²) in [4.78, 5) is 18.7. The van der Waals surface area contributed by atoms with Crippen LogP contribution in [0.15, 0.2) is 35.7 Å². The fraction of sp³-hybridized carbons (Fsp3) is 0.577. The molecule has 2 aromatic rings. The molecule has 0 bridgehead atoms. The van der Waals surface area contributed by atoms with E-state index in [1.54, 1.807) is 11.3 Å². The molecule has 3 rings (SSSR count). The largest absolute Gasteiger partial charge is 0.491 e. The molecule has 2 heterocycles. The van der Waals surface area contributed by atoms with Crippen molar-refractivity contribution >= 4 is 17.2 Å². The number of aliphatic hydroxyl groups excluding tert-OH is 1. The van der Waals surface area contributed by atoms with E-state index < -0.39 is 6.10 Å². The van der Waals surface area contributed by atoms with Gasteiger partial charge in [0.25, 0.3) is 0 Å². The van der Waals surface area contributed by atoms with Crippen LogP contribution in [-0.4, -0.2) is 71.9 Å². The molecule has 0 saturated carbocycles. The number of carbonyl (C=O) groups is 1. The third-order valence-corrected chi connectivity index (χ3v) is 6.89. The minimum atomic E-state index is -0.637. The Kier molecular flexibility index (Phi) is 8.93. The number of aliphatic hydroxyl groups is 1. The van der Waals surface area contributed by atoms with Gasteiger partial charge in [-0.3, -0.25) is 9.69 Å². The summed E-state index contributed by atoms with van der Waals surface area (Å²) in [6, 6.07) is 9.98. The standard InChI is InChI=1S/C26H38N2O4S/c1-6-27(15-20(29)17-32-26(3,4)5)16-25(30)28-13-11-24-21(12-14-33-24)22(28)18-31-23-10-8-7-9-19(23)2/h7-10,12,14,20,22,29H,6,11,13,15-18H2,1-5H3/t20-,22+/m1/s1. The molecule has 1 N–H and O–H groups in total. The zero-order chi connectivity index (χ0) is 24.0. The van der Waals surface area contributed by atoms with Crippen molar-refractivity contribution in [3.63, 3.8) is 0 Å². The maximum atomic E-state index is 13.4. The molecule has 33 heavy (non-hydrogen) atoms. The molecule has 2 atom stereocenters. The molecule has 0 spiro atoms. The SMILES string of the molecule is CCN(CC(=O)N1CCc2sccc2[C@@H]1COc1ccccc1C)C[C@@H](O)COC(C)(C)C. The summed E-state index contributed by atoms with van der Waals surface area (Å²) in [6.45, 7) is 12.7. The van der Waals surface area contributed by atoms with Gasteiger partial charge < -0.3 is 19.5 Å². The molecule has 7 heteroatoms. The van der Waals surface area contributed by atoms with Gasteiger partial charge in [-0.2, -0.15) is 0 Å². The van der Waals surface area contributed by atoms with E-state index in [4.69, 9.17) is 9.47 Å². The van der Waals surface area contributed by atoms with E-state index in [1.807, 2.05) is 68.7 Å². The Balaban J connectivity index is 1.66. The smallest absolute Gasteiger partial charge is 0.237 e. The van der Waals surface area contributed by atoms with Gasteiger partial charge in [-0.1, -0.05) is 25.1 Å². The molecule has 0 fully saturated rings. The summed E-state index contributed by atoms with van der Waals surface area (Å²) < 4.78 is 11.9. The lowest BCUT2D eigenvalue weighted by molar-refractivity contribution is -0.136. The monoisotopic (exact) mass is 474 g/mol. The topological polar surface area (TPSA) is 62.2 Å². The van der Waals surface area contributed by atoms with Gasteiger partial charge in [0.05, 0.1) is 30.9 Å². The first-order valence-electron chi connectivity index (χ1n) is 11.8. The first-order valence-corrected chi connectivity index (χ1v) is 12.6. The van der Waals surface area contributed by atoms with Crippen molar-refractivity contribution < 1.29 is 19.4 Å². The van der Waals surface area contributed by atoms with Gasteiger partial charge in [-0.15, -0.1) is 11.3 Å². The fourth-order valence-corrected chi connectivity index (χ4v) is 4.97. The van der Waals surface area contributed by atoms with Crippen molar-refractivity contribution in [2.24, 2.45) is 0 Å². The summed E-state index contributed by atoms with van der Waals surface area (Å²) >= 11 is 1.75. The van der Waals surface area contributed by atoms with Crippen LogP contribution >= 0.6 is 11.3 Å². The van der Waals surface area contributed by atoms with Crippen molar-refractivity contribution in [3.05, 3.63) is 51.7 Å². The number of ether oxygens (including phenoxy) is 2. The normalized spacial score (nSPS) is 17.2. The summed E-state index contributed by atoms with van der Waals surface area (Å²) in [5.74, 6) is 0.917. The second-order valence-electron chi connectivity index (χ2n) is 9.63. The maximum Gasteiger partial charge on any atom is 0.237 e. The Labute approximate surface area is 202 Å². The predicted octanol–water partition coefficient (Wildman–Crippen LogP) is 4.06. The molecular weight excluding hydrogens is 436 g/mol. The van der Waals surface area contributed by atoms with Gasteiger partial charge in [0, 0.05) is 18.0 Å². The van der Waals surface area contributed by atoms with E-state index in [2.05, 4.69) is 11.4 Å². The van der Waals surface area contributed by atoms with Gasteiger partial charge >= 0.3 is 0 Å². The molecule has 0 aliphatic carbocycles. The number of carbonyl (C=O) groups excluding carboxylic acids is 1. The summed E-state index contributed by atoms with van der Waals surface area (Å²) in [5.41, 5.74) is 1.97. The molecule has 1 aliphatic rings. The fourth-order valence-electron chi connectivity index (χ4n) is 4.05. The quantitative estimate of drug-likeness (QED) is 0.563. The summed E-state index contributed by atoms with van der Waals surface area (Å²) in [5, 5.41) is 12.5. The van der Waals surface area contributed by atoms with E-state index >= 15 is 0 Å². The van der Waals surface area contributed by atoms with E-state index in [-0.39, 0.29) is 30.7 Å². The van der Waals surface area contributed by atoms with Crippen LogP contribution in [0.5, 0.6) is 5.75 Å². The van der Waals surface area contributed by atoms with Crippen molar-refractivity contribution in [1.29, 1.82) is 0 Å². The zero-order valence-corrected chi connectivity index (χ0v) is 21.4. The third kappa shape index (κ3) is 7.27. The van der Waals surface area contributed by atoms with Crippen LogP contribution in [0.2, 0.25) is 0 Å². The molecule has 1 aromatic carbocycles. The number of benzene rings is 1. The Morgan fingerprint density at radius 1 is 1.30 bits per heavy atom. The Morgan fingerprint density at radius 3 is 2.76 bits per heavy atom. The third-order valence-electron chi connectivity index (χ3n) is 5.89. The van der Waals surface area contributed by atoms with Gasteiger partial charge in [0.15, 0.2) is 0 Å². The molecule has 0 unspecified atom stereocenters. The van der Waals surface area contributed by atoms with Crippen LogP contribution in [-0.2, 0) is 16.0 Å². The average molecular weight is 475 g/mol. The molecule has 6 nitrogen and oxygen atoms in total. The number of amides is 1. The van der Waals surface area contributed by atoms with Crippen LogP contribution in [0.3, 0.4) is 0 Å². The lowest BCUT2D eigenvalue weighted by Crippen LogP contribution is -2.48. The molecule has 0 saturated heterocycles. The molecule has 1 aromatic heterocycles. The second-order valence-corrected chi connectivity index (χ2v) is 10.6. The number of rotatable bonds is 10. The predicted molar refractivity (Wildman–Crippen MR) is 133 cm³/mol. The lowest BCUT2D eigenvalue weighted by atomic mass is 10.0. The van der Waals surface area contributed by atoms with Gasteiger partial charge in [-0.25, -0.2) is 0 Å². The highest BCUT2D eigenvalue weighted by Crippen LogP contribution is 2.34. The number of aryl methyl sites for hydroxylation is 1. The molecule has 0 radical (unpaired) electrons. The number of para-hydroxylation sites is 1. The number of nitrogens with zero attached hydrogens (tertiary/aromatic N) is 2.